The average molecular weight is 374 g/mol. The highest BCUT2D eigenvalue weighted by Gasteiger charge is 2.32. The first-order chi connectivity index (χ1) is 13.1. The Bertz CT molecular complexity index is 662. The number of nitrogens with zero attached hydrogens (tertiary/aromatic N) is 1. The summed E-state index contributed by atoms with van der Waals surface area (Å²) >= 11 is 0. The molecule has 2 fully saturated rings. The van der Waals surface area contributed by atoms with Crippen molar-refractivity contribution in [2.75, 3.05) is 27.3 Å². The molecule has 1 saturated heterocycles. The number of rotatable bonds is 6. The summed E-state index contributed by atoms with van der Waals surface area (Å²) in [6.45, 7) is 2.28. The van der Waals surface area contributed by atoms with Crippen molar-refractivity contribution in [1.29, 1.82) is 0 Å². The Kier molecular flexibility index (Phi) is 6.58. The lowest BCUT2D eigenvalue weighted by molar-refractivity contribution is -0.137. The minimum atomic E-state index is 0.00720. The number of hydrogen-bond donors (Lipinski definition) is 1. The van der Waals surface area contributed by atoms with E-state index in [1.165, 1.54) is 0 Å². The van der Waals surface area contributed by atoms with Gasteiger partial charge in [-0.05, 0) is 56.2 Å². The van der Waals surface area contributed by atoms with Gasteiger partial charge in [-0.15, -0.1) is 0 Å². The topological polar surface area (TPSA) is 67.9 Å². The van der Waals surface area contributed by atoms with Gasteiger partial charge < -0.3 is 19.7 Å². The van der Waals surface area contributed by atoms with E-state index in [-0.39, 0.29) is 17.7 Å². The van der Waals surface area contributed by atoms with Gasteiger partial charge in [0.1, 0.15) is 0 Å². The summed E-state index contributed by atoms with van der Waals surface area (Å²) in [5.41, 5.74) is 0.971. The maximum Gasteiger partial charge on any atom is 0.225 e. The second-order valence-electron chi connectivity index (χ2n) is 7.49. The van der Waals surface area contributed by atoms with Gasteiger partial charge in [0.25, 0.3) is 0 Å². The number of hydrogen-bond acceptors (Lipinski definition) is 4. The van der Waals surface area contributed by atoms with Crippen LogP contribution in [0.15, 0.2) is 18.2 Å². The van der Waals surface area contributed by atoms with Gasteiger partial charge in [-0.2, -0.15) is 0 Å². The molecule has 1 aromatic rings. The van der Waals surface area contributed by atoms with E-state index < -0.39 is 0 Å². The Balaban J connectivity index is 1.46. The summed E-state index contributed by atoms with van der Waals surface area (Å²) in [5.74, 6) is 1.83. The third-order valence-corrected chi connectivity index (χ3v) is 5.78. The highest BCUT2D eigenvalue weighted by atomic mass is 16.5. The van der Waals surface area contributed by atoms with Crippen LogP contribution in [0.2, 0.25) is 0 Å². The van der Waals surface area contributed by atoms with Crippen molar-refractivity contribution in [3.63, 3.8) is 0 Å². The molecule has 2 amide bonds. The highest BCUT2D eigenvalue weighted by Crippen LogP contribution is 2.31. The van der Waals surface area contributed by atoms with Crippen LogP contribution in [0.25, 0.3) is 0 Å². The molecule has 0 aromatic heterocycles. The highest BCUT2D eigenvalue weighted by molar-refractivity contribution is 5.81. The Morgan fingerprint density at radius 3 is 2.26 bits per heavy atom. The van der Waals surface area contributed by atoms with E-state index in [4.69, 9.17) is 9.47 Å². The van der Waals surface area contributed by atoms with Crippen molar-refractivity contribution in [3.05, 3.63) is 23.8 Å². The summed E-state index contributed by atoms with van der Waals surface area (Å²) in [6, 6.07) is 5.65. The van der Waals surface area contributed by atoms with Crippen LogP contribution in [0.5, 0.6) is 11.5 Å². The zero-order chi connectivity index (χ0) is 19.2. The van der Waals surface area contributed by atoms with E-state index in [9.17, 15) is 9.59 Å². The van der Waals surface area contributed by atoms with Gasteiger partial charge in [-0.1, -0.05) is 6.07 Å². The molecular formula is C21H30N2O4. The first kappa shape index (κ1) is 19.5. The molecule has 0 atom stereocenters. The summed E-state index contributed by atoms with van der Waals surface area (Å²) in [4.78, 5) is 27.0. The molecule has 1 aromatic carbocycles. The van der Waals surface area contributed by atoms with Gasteiger partial charge in [0.05, 0.1) is 14.2 Å². The Morgan fingerprint density at radius 2 is 1.63 bits per heavy atom. The van der Waals surface area contributed by atoms with Crippen molar-refractivity contribution in [3.8, 4) is 11.5 Å². The minimum Gasteiger partial charge on any atom is -0.493 e. The number of ether oxygens (including phenoxy) is 2. The predicted octanol–water partition coefficient (Wildman–Crippen LogP) is 2.75. The van der Waals surface area contributed by atoms with E-state index in [0.717, 1.165) is 57.2 Å². The van der Waals surface area contributed by atoms with Gasteiger partial charge >= 0.3 is 0 Å². The van der Waals surface area contributed by atoms with Crippen molar-refractivity contribution < 1.29 is 19.1 Å². The molecule has 0 spiro atoms. The number of likely N-dealkylation sites (tertiary alicyclic amines) is 1. The fourth-order valence-corrected chi connectivity index (χ4v) is 4.12. The van der Waals surface area contributed by atoms with Crippen LogP contribution in [-0.4, -0.2) is 44.0 Å². The number of nitrogens with one attached hydrogen (secondary N) is 1. The molecule has 1 aliphatic heterocycles. The average Bonchev–Trinajstić information content (AvgIpc) is 3.26. The van der Waals surface area contributed by atoms with Gasteiger partial charge in [0.15, 0.2) is 11.5 Å². The molecule has 148 valence electrons. The second kappa shape index (κ2) is 9.11. The van der Waals surface area contributed by atoms with E-state index in [0.29, 0.717) is 24.0 Å². The summed E-state index contributed by atoms with van der Waals surface area (Å²) < 4.78 is 10.5. The molecule has 0 unspecified atom stereocenters. The first-order valence-corrected chi connectivity index (χ1v) is 9.89. The molecule has 27 heavy (non-hydrogen) atoms. The first-order valence-electron chi connectivity index (χ1n) is 9.89. The van der Waals surface area contributed by atoms with Crippen LogP contribution in [-0.2, 0) is 16.1 Å². The molecule has 6 heteroatoms. The van der Waals surface area contributed by atoms with E-state index >= 15 is 0 Å². The lowest BCUT2D eigenvalue weighted by Crippen LogP contribution is -2.38. The summed E-state index contributed by atoms with van der Waals surface area (Å²) in [7, 11) is 3.20. The Morgan fingerprint density at radius 1 is 1.00 bits per heavy atom. The van der Waals surface area contributed by atoms with Crippen LogP contribution in [0.4, 0.5) is 0 Å². The van der Waals surface area contributed by atoms with Crippen LogP contribution < -0.4 is 14.8 Å². The van der Waals surface area contributed by atoms with E-state index in [1.54, 1.807) is 14.2 Å². The van der Waals surface area contributed by atoms with Gasteiger partial charge in [0, 0.05) is 31.5 Å². The van der Waals surface area contributed by atoms with Gasteiger partial charge in [-0.3, -0.25) is 9.59 Å². The normalized spacial score (nSPS) is 22.4. The number of carbonyl (C=O) groups excluding carboxylic acids is 2. The minimum absolute atomic E-state index is 0.00720. The number of carbonyl (C=O) groups is 2. The fraction of sp³-hybridized carbons (Fsp3) is 0.619. The maximum atomic E-state index is 12.5. The molecule has 1 heterocycles. The summed E-state index contributed by atoms with van der Waals surface area (Å²) in [5, 5.41) is 3.03. The molecule has 0 radical (unpaired) electrons. The zero-order valence-electron chi connectivity index (χ0n) is 16.3. The lowest BCUT2D eigenvalue weighted by atomic mass is 9.81. The maximum absolute atomic E-state index is 12.5. The second-order valence-corrected chi connectivity index (χ2v) is 7.49. The van der Waals surface area contributed by atoms with Crippen molar-refractivity contribution >= 4 is 11.8 Å². The molecule has 6 nitrogen and oxygen atoms in total. The largest absolute Gasteiger partial charge is 0.493 e. The molecule has 0 bridgehead atoms. The Labute approximate surface area is 161 Å². The monoisotopic (exact) mass is 374 g/mol. The van der Waals surface area contributed by atoms with Crippen LogP contribution in [0.1, 0.15) is 44.1 Å². The molecule has 1 aliphatic carbocycles. The number of methoxy groups -OCH3 is 2. The van der Waals surface area contributed by atoms with E-state index in [2.05, 4.69) is 5.32 Å². The van der Waals surface area contributed by atoms with Crippen molar-refractivity contribution in [1.82, 2.24) is 10.2 Å². The van der Waals surface area contributed by atoms with E-state index in [1.807, 2.05) is 23.1 Å². The number of benzene rings is 1. The van der Waals surface area contributed by atoms with Crippen molar-refractivity contribution in [2.45, 2.75) is 45.1 Å². The van der Waals surface area contributed by atoms with Crippen LogP contribution >= 0.6 is 0 Å². The quantitative estimate of drug-likeness (QED) is 0.831. The third-order valence-electron chi connectivity index (χ3n) is 5.78. The summed E-state index contributed by atoms with van der Waals surface area (Å²) in [6.07, 6.45) is 5.48. The molecule has 1 N–H and O–H groups in total. The van der Waals surface area contributed by atoms with Crippen molar-refractivity contribution in [2.24, 2.45) is 11.8 Å². The fourth-order valence-electron chi connectivity index (χ4n) is 4.12. The molecule has 1 saturated carbocycles. The molecular weight excluding hydrogens is 344 g/mol. The molecule has 3 rings (SSSR count). The van der Waals surface area contributed by atoms with Gasteiger partial charge in [-0.25, -0.2) is 0 Å². The number of amides is 2. The Hall–Kier alpha value is -2.24. The zero-order valence-corrected chi connectivity index (χ0v) is 16.3. The standard InChI is InChI=1S/C21H30N2O4/c1-26-18-10-5-15(13-19(18)27-2)14-22-20(24)16-6-8-17(9-7-16)21(25)23-11-3-4-12-23/h5,10,13,16-17H,3-4,6-9,11-12,14H2,1-2H3,(H,22,24). The van der Waals surface area contributed by atoms with Crippen LogP contribution in [0, 0.1) is 11.8 Å². The lowest BCUT2D eigenvalue weighted by Gasteiger charge is -2.29. The smallest absolute Gasteiger partial charge is 0.225 e. The SMILES string of the molecule is COc1ccc(CNC(=O)C2CCC(C(=O)N3CCCC3)CC2)cc1OC. The third kappa shape index (κ3) is 4.73. The molecule has 2 aliphatic rings. The predicted molar refractivity (Wildman–Crippen MR) is 103 cm³/mol. The van der Waals surface area contributed by atoms with Gasteiger partial charge in [0.2, 0.25) is 11.8 Å². The van der Waals surface area contributed by atoms with Crippen LogP contribution in [0.3, 0.4) is 0 Å².